The van der Waals surface area contributed by atoms with E-state index in [2.05, 4.69) is 14.9 Å². The summed E-state index contributed by atoms with van der Waals surface area (Å²) >= 11 is 0. The molecule has 4 heterocycles. The summed E-state index contributed by atoms with van der Waals surface area (Å²) < 4.78 is 1.82. The second-order valence-corrected chi connectivity index (χ2v) is 6.97. The van der Waals surface area contributed by atoms with Crippen molar-refractivity contribution in [2.75, 3.05) is 19.6 Å². The zero-order chi connectivity index (χ0) is 14.8. The van der Waals surface area contributed by atoms with Crippen LogP contribution in [0.3, 0.4) is 0 Å². The molecule has 3 aliphatic rings. The molecular formula is C17H20N4O. The van der Waals surface area contributed by atoms with Gasteiger partial charge in [-0.15, -0.1) is 0 Å². The number of hydrogen-bond acceptors (Lipinski definition) is 3. The van der Waals surface area contributed by atoms with Crippen molar-refractivity contribution in [3.05, 3.63) is 30.0 Å². The van der Waals surface area contributed by atoms with E-state index in [0.717, 1.165) is 24.0 Å². The number of hydrogen-bond donors (Lipinski definition) is 0. The van der Waals surface area contributed by atoms with E-state index >= 15 is 0 Å². The monoisotopic (exact) mass is 296 g/mol. The van der Waals surface area contributed by atoms with Gasteiger partial charge in [-0.3, -0.25) is 14.4 Å². The van der Waals surface area contributed by atoms with E-state index in [1.807, 2.05) is 36.0 Å². The van der Waals surface area contributed by atoms with Gasteiger partial charge in [-0.2, -0.15) is 5.10 Å². The molecule has 2 aromatic rings. The molecule has 3 aliphatic heterocycles. The number of aromatic nitrogens is 2. The normalized spacial score (nSPS) is 32.9. The first-order chi connectivity index (χ1) is 10.7. The number of carbonyl (C=O) groups is 1. The molecular weight excluding hydrogens is 276 g/mol. The zero-order valence-electron chi connectivity index (χ0n) is 12.8. The van der Waals surface area contributed by atoms with Crippen LogP contribution in [0.25, 0.3) is 10.9 Å². The van der Waals surface area contributed by atoms with Crippen molar-refractivity contribution in [2.24, 2.45) is 13.0 Å². The van der Waals surface area contributed by atoms with Crippen LogP contribution in [-0.2, 0) is 7.05 Å². The quantitative estimate of drug-likeness (QED) is 0.800. The second kappa shape index (κ2) is 4.32. The van der Waals surface area contributed by atoms with Crippen LogP contribution in [-0.4, -0.2) is 57.2 Å². The van der Waals surface area contributed by atoms with Crippen LogP contribution >= 0.6 is 0 Å². The standard InChI is InChI=1S/C17H20N4O/c1-19-14-5-3-2-4-13(14)16(18-19)17(22)21-12-8-11-6-7-20(9-12)10-15(11)21/h2-5,11-12,15H,6-10H2,1H3. The number of piperazine rings is 1. The number of fused-ring (bicyclic) bond motifs is 3. The minimum Gasteiger partial charge on any atom is -0.328 e. The van der Waals surface area contributed by atoms with Crippen molar-refractivity contribution < 1.29 is 4.79 Å². The van der Waals surface area contributed by atoms with E-state index in [9.17, 15) is 4.79 Å². The Balaban J connectivity index is 1.57. The Labute approximate surface area is 129 Å². The topological polar surface area (TPSA) is 41.4 Å². The Hall–Kier alpha value is -1.88. The minimum atomic E-state index is 0.135. The van der Waals surface area contributed by atoms with Crippen molar-refractivity contribution in [3.63, 3.8) is 0 Å². The Kier molecular flexibility index (Phi) is 2.48. The van der Waals surface area contributed by atoms with Gasteiger partial charge in [0, 0.05) is 37.6 Å². The lowest BCUT2D eigenvalue weighted by Crippen LogP contribution is -2.58. The van der Waals surface area contributed by atoms with Crippen LogP contribution in [0.15, 0.2) is 24.3 Å². The van der Waals surface area contributed by atoms with Crippen LogP contribution in [0, 0.1) is 5.92 Å². The van der Waals surface area contributed by atoms with E-state index in [4.69, 9.17) is 0 Å². The molecule has 3 fully saturated rings. The highest BCUT2D eigenvalue weighted by atomic mass is 16.2. The summed E-state index contributed by atoms with van der Waals surface area (Å²) in [6, 6.07) is 8.81. The molecule has 1 aromatic carbocycles. The molecule has 114 valence electrons. The van der Waals surface area contributed by atoms with Gasteiger partial charge in [0.25, 0.3) is 5.91 Å². The number of nitrogens with zero attached hydrogens (tertiary/aromatic N) is 4. The Morgan fingerprint density at radius 1 is 1.27 bits per heavy atom. The molecule has 22 heavy (non-hydrogen) atoms. The lowest BCUT2D eigenvalue weighted by molar-refractivity contribution is 0.0258. The Bertz CT molecular complexity index is 763. The third-order valence-corrected chi connectivity index (χ3v) is 5.79. The number of piperidine rings is 1. The van der Waals surface area contributed by atoms with Gasteiger partial charge in [0.2, 0.25) is 0 Å². The molecule has 5 nitrogen and oxygen atoms in total. The first-order valence-corrected chi connectivity index (χ1v) is 8.19. The first kappa shape index (κ1) is 12.6. The van der Waals surface area contributed by atoms with Crippen molar-refractivity contribution in [3.8, 4) is 0 Å². The largest absolute Gasteiger partial charge is 0.328 e. The van der Waals surface area contributed by atoms with Gasteiger partial charge in [-0.05, 0) is 31.4 Å². The number of carbonyl (C=O) groups excluding carboxylic acids is 1. The fourth-order valence-corrected chi connectivity index (χ4v) is 4.81. The fraction of sp³-hybridized carbons (Fsp3) is 0.529. The molecule has 0 spiro atoms. The SMILES string of the molecule is Cn1nc(C(=O)N2C3CC4CCN(C3)CC42)c2ccccc21. The Morgan fingerprint density at radius 2 is 2.14 bits per heavy atom. The van der Waals surface area contributed by atoms with Crippen LogP contribution in [0.1, 0.15) is 23.3 Å². The van der Waals surface area contributed by atoms with Gasteiger partial charge in [0.05, 0.1) is 5.52 Å². The zero-order valence-corrected chi connectivity index (χ0v) is 12.8. The van der Waals surface area contributed by atoms with Crippen molar-refractivity contribution in [1.82, 2.24) is 19.6 Å². The number of rotatable bonds is 1. The van der Waals surface area contributed by atoms with Gasteiger partial charge in [-0.25, -0.2) is 0 Å². The number of benzene rings is 1. The third kappa shape index (κ3) is 1.57. The smallest absolute Gasteiger partial charge is 0.275 e. The summed E-state index contributed by atoms with van der Waals surface area (Å²) in [7, 11) is 1.91. The molecule has 5 rings (SSSR count). The summed E-state index contributed by atoms with van der Waals surface area (Å²) in [5, 5.41) is 5.51. The number of aryl methyl sites for hydroxylation is 1. The van der Waals surface area contributed by atoms with E-state index in [-0.39, 0.29) is 5.91 Å². The van der Waals surface area contributed by atoms with Crippen molar-refractivity contribution >= 4 is 16.8 Å². The van der Waals surface area contributed by atoms with E-state index in [1.165, 1.54) is 19.4 Å². The average molecular weight is 296 g/mol. The van der Waals surface area contributed by atoms with Crippen LogP contribution in [0.5, 0.6) is 0 Å². The highest BCUT2D eigenvalue weighted by Crippen LogP contribution is 2.41. The van der Waals surface area contributed by atoms with Crippen LogP contribution < -0.4 is 0 Å². The summed E-state index contributed by atoms with van der Waals surface area (Å²) in [6.07, 6.45) is 2.42. The lowest BCUT2D eigenvalue weighted by atomic mass is 9.93. The molecule has 1 aromatic heterocycles. The van der Waals surface area contributed by atoms with Crippen LogP contribution in [0.4, 0.5) is 0 Å². The molecule has 5 heteroatoms. The van der Waals surface area contributed by atoms with Gasteiger partial charge >= 0.3 is 0 Å². The summed E-state index contributed by atoms with van der Waals surface area (Å²) in [6.45, 7) is 3.31. The molecule has 1 amide bonds. The molecule has 4 unspecified atom stereocenters. The molecule has 0 aliphatic carbocycles. The molecule has 0 N–H and O–H groups in total. The minimum absolute atomic E-state index is 0.135. The third-order valence-electron chi connectivity index (χ3n) is 5.79. The maximum absolute atomic E-state index is 13.2. The van der Waals surface area contributed by atoms with E-state index in [1.54, 1.807) is 0 Å². The average Bonchev–Trinajstić information content (AvgIpc) is 2.90. The van der Waals surface area contributed by atoms with E-state index < -0.39 is 0 Å². The van der Waals surface area contributed by atoms with Gasteiger partial charge in [0.15, 0.2) is 5.69 Å². The maximum atomic E-state index is 13.2. The van der Waals surface area contributed by atoms with Gasteiger partial charge in [-0.1, -0.05) is 18.2 Å². The highest BCUT2D eigenvalue weighted by Gasteiger charge is 2.51. The molecule has 3 saturated heterocycles. The molecule has 0 radical (unpaired) electrons. The maximum Gasteiger partial charge on any atom is 0.275 e. The van der Waals surface area contributed by atoms with Crippen molar-refractivity contribution in [2.45, 2.75) is 24.9 Å². The van der Waals surface area contributed by atoms with Crippen molar-refractivity contribution in [1.29, 1.82) is 0 Å². The summed E-state index contributed by atoms with van der Waals surface area (Å²) in [4.78, 5) is 17.9. The number of para-hydroxylation sites is 1. The Morgan fingerprint density at radius 3 is 3.05 bits per heavy atom. The number of amides is 1. The predicted molar refractivity (Wildman–Crippen MR) is 83.6 cm³/mol. The molecule has 4 atom stereocenters. The van der Waals surface area contributed by atoms with E-state index in [0.29, 0.717) is 23.7 Å². The fourth-order valence-electron chi connectivity index (χ4n) is 4.81. The summed E-state index contributed by atoms with van der Waals surface area (Å²) in [5.74, 6) is 0.832. The second-order valence-electron chi connectivity index (χ2n) is 6.97. The predicted octanol–water partition coefficient (Wildman–Crippen LogP) is 1.49. The highest BCUT2D eigenvalue weighted by molar-refractivity contribution is 6.05. The summed E-state index contributed by atoms with van der Waals surface area (Å²) in [5.41, 5.74) is 1.66. The first-order valence-electron chi connectivity index (χ1n) is 8.19. The molecule has 0 saturated carbocycles. The van der Waals surface area contributed by atoms with Gasteiger partial charge < -0.3 is 4.90 Å². The van der Waals surface area contributed by atoms with Gasteiger partial charge in [0.1, 0.15) is 0 Å². The van der Waals surface area contributed by atoms with Crippen LogP contribution in [0.2, 0.25) is 0 Å². The lowest BCUT2D eigenvalue weighted by Gasteiger charge is -2.44. The molecule has 3 bridgehead atoms.